The number of rotatable bonds is 6. The minimum atomic E-state index is -3.92. The number of hydrogen-bond acceptors (Lipinski definition) is 4. The van der Waals surface area contributed by atoms with Crippen LogP contribution >= 0.6 is 11.6 Å². The molecular formula is C15H14ClNO5S. The van der Waals surface area contributed by atoms with Crippen molar-refractivity contribution in [2.75, 3.05) is 11.3 Å². The van der Waals surface area contributed by atoms with Crippen LogP contribution in [0.25, 0.3) is 0 Å². The molecule has 0 aliphatic rings. The van der Waals surface area contributed by atoms with Gasteiger partial charge in [0, 0.05) is 5.69 Å². The monoisotopic (exact) mass is 355 g/mol. The van der Waals surface area contributed by atoms with Gasteiger partial charge >= 0.3 is 5.97 Å². The molecule has 2 rings (SSSR count). The Balaban J connectivity index is 2.28. The Morgan fingerprint density at radius 1 is 1.22 bits per heavy atom. The molecule has 0 saturated heterocycles. The third-order valence-corrected chi connectivity index (χ3v) is 4.60. The van der Waals surface area contributed by atoms with Crippen molar-refractivity contribution in [2.45, 2.75) is 11.8 Å². The van der Waals surface area contributed by atoms with Gasteiger partial charge < -0.3 is 9.84 Å². The molecule has 8 heteroatoms. The highest BCUT2D eigenvalue weighted by Gasteiger charge is 2.18. The molecule has 0 bridgehead atoms. The molecule has 0 aromatic heterocycles. The van der Waals surface area contributed by atoms with E-state index in [2.05, 4.69) is 4.72 Å². The molecule has 0 unspecified atom stereocenters. The van der Waals surface area contributed by atoms with E-state index in [1.807, 2.05) is 6.92 Å². The first-order chi connectivity index (χ1) is 10.8. The van der Waals surface area contributed by atoms with Crippen molar-refractivity contribution in [1.82, 2.24) is 0 Å². The number of nitrogens with one attached hydrogen (secondary N) is 1. The molecule has 0 radical (unpaired) electrons. The number of carboxylic acids is 1. The minimum Gasteiger partial charge on any atom is -0.494 e. The Bertz CT molecular complexity index is 818. The Kier molecular flexibility index (Phi) is 5.12. The van der Waals surface area contributed by atoms with Crippen molar-refractivity contribution in [3.8, 4) is 5.75 Å². The van der Waals surface area contributed by atoms with Gasteiger partial charge in [-0.3, -0.25) is 4.72 Å². The molecule has 23 heavy (non-hydrogen) atoms. The van der Waals surface area contributed by atoms with E-state index in [1.165, 1.54) is 12.1 Å². The van der Waals surface area contributed by atoms with Crippen LogP contribution in [-0.4, -0.2) is 26.1 Å². The molecule has 2 aromatic carbocycles. The lowest BCUT2D eigenvalue weighted by Crippen LogP contribution is -2.14. The predicted octanol–water partition coefficient (Wildman–Crippen LogP) is 3.24. The second-order valence-electron chi connectivity index (χ2n) is 4.51. The summed E-state index contributed by atoms with van der Waals surface area (Å²) in [6.45, 7) is 2.35. The molecule has 122 valence electrons. The second-order valence-corrected chi connectivity index (χ2v) is 6.60. The molecule has 2 N–H and O–H groups in total. The highest BCUT2D eigenvalue weighted by Crippen LogP contribution is 2.23. The maximum absolute atomic E-state index is 12.3. The normalized spacial score (nSPS) is 11.0. The Labute approximate surface area is 138 Å². The van der Waals surface area contributed by atoms with Gasteiger partial charge in [0.15, 0.2) is 0 Å². The van der Waals surface area contributed by atoms with Crippen LogP contribution in [0.15, 0.2) is 47.4 Å². The molecule has 0 aliphatic carbocycles. The summed E-state index contributed by atoms with van der Waals surface area (Å²) in [6, 6.07) is 9.86. The third kappa shape index (κ3) is 4.14. The van der Waals surface area contributed by atoms with Crippen LogP contribution in [0.2, 0.25) is 5.02 Å². The van der Waals surface area contributed by atoms with E-state index in [1.54, 1.807) is 24.3 Å². The molecule has 0 fully saturated rings. The van der Waals surface area contributed by atoms with Crippen LogP contribution in [0.5, 0.6) is 5.75 Å². The maximum Gasteiger partial charge on any atom is 0.337 e. The first-order valence-electron chi connectivity index (χ1n) is 6.62. The molecular weight excluding hydrogens is 342 g/mol. The smallest absolute Gasteiger partial charge is 0.337 e. The Morgan fingerprint density at radius 3 is 2.43 bits per heavy atom. The van der Waals surface area contributed by atoms with Gasteiger partial charge in [-0.1, -0.05) is 11.6 Å². The molecule has 0 saturated carbocycles. The molecule has 0 spiro atoms. The number of carboxylic acid groups (broad SMARTS) is 1. The van der Waals surface area contributed by atoms with E-state index in [0.717, 1.165) is 6.07 Å². The van der Waals surface area contributed by atoms with Crippen molar-refractivity contribution in [3.05, 3.63) is 53.1 Å². The number of carbonyl (C=O) groups is 1. The quantitative estimate of drug-likeness (QED) is 0.829. The summed E-state index contributed by atoms with van der Waals surface area (Å²) in [5, 5.41) is 8.98. The van der Waals surface area contributed by atoms with E-state index in [0.29, 0.717) is 18.0 Å². The lowest BCUT2D eigenvalue weighted by molar-refractivity contribution is 0.0697. The van der Waals surface area contributed by atoms with Crippen LogP contribution in [-0.2, 0) is 10.0 Å². The maximum atomic E-state index is 12.3. The van der Waals surface area contributed by atoms with E-state index in [4.69, 9.17) is 21.4 Å². The van der Waals surface area contributed by atoms with E-state index < -0.39 is 16.0 Å². The van der Waals surface area contributed by atoms with E-state index in [-0.39, 0.29) is 15.5 Å². The lowest BCUT2D eigenvalue weighted by atomic mass is 10.2. The largest absolute Gasteiger partial charge is 0.494 e. The van der Waals surface area contributed by atoms with E-state index in [9.17, 15) is 13.2 Å². The average molecular weight is 356 g/mol. The fourth-order valence-corrected chi connectivity index (χ4v) is 3.12. The first-order valence-corrected chi connectivity index (χ1v) is 8.48. The van der Waals surface area contributed by atoms with Gasteiger partial charge in [0.1, 0.15) is 5.75 Å². The number of hydrogen-bond donors (Lipinski definition) is 2. The summed E-state index contributed by atoms with van der Waals surface area (Å²) in [7, 11) is -3.92. The van der Waals surface area contributed by atoms with Crippen LogP contribution in [0.4, 0.5) is 5.69 Å². The topological polar surface area (TPSA) is 92.7 Å². The summed E-state index contributed by atoms with van der Waals surface area (Å²) >= 11 is 5.74. The number of anilines is 1. The Hall–Kier alpha value is -2.25. The zero-order valence-corrected chi connectivity index (χ0v) is 13.7. The molecule has 0 aliphatic heterocycles. The molecule has 0 atom stereocenters. The number of sulfonamides is 1. The lowest BCUT2D eigenvalue weighted by Gasteiger charge is -2.10. The highest BCUT2D eigenvalue weighted by atomic mass is 35.5. The van der Waals surface area contributed by atoms with Gasteiger partial charge in [-0.15, -0.1) is 0 Å². The zero-order chi connectivity index (χ0) is 17.0. The standard InChI is InChI=1S/C15H14ClNO5S/c1-2-22-11-5-3-10(4-6-11)17-23(20,21)12-7-8-14(16)13(9-12)15(18)19/h3-9,17H,2H2,1H3,(H,18,19). The predicted molar refractivity (Wildman–Crippen MR) is 86.8 cm³/mol. The van der Waals surface area contributed by atoms with Crippen LogP contribution in [0.3, 0.4) is 0 Å². The molecule has 0 heterocycles. The van der Waals surface area contributed by atoms with Crippen molar-refractivity contribution in [3.63, 3.8) is 0 Å². The van der Waals surface area contributed by atoms with Gasteiger partial charge in [-0.05, 0) is 49.4 Å². The molecule has 6 nitrogen and oxygen atoms in total. The van der Waals surface area contributed by atoms with Gasteiger partial charge in [0.25, 0.3) is 10.0 Å². The summed E-state index contributed by atoms with van der Waals surface area (Å²) in [4.78, 5) is 10.9. The van der Waals surface area contributed by atoms with Gasteiger partial charge in [0.05, 0.1) is 22.1 Å². The van der Waals surface area contributed by atoms with Crippen molar-refractivity contribution >= 4 is 33.3 Å². The highest BCUT2D eigenvalue weighted by molar-refractivity contribution is 7.92. The third-order valence-electron chi connectivity index (χ3n) is 2.90. The van der Waals surface area contributed by atoms with Gasteiger partial charge in [-0.2, -0.15) is 0 Å². The number of ether oxygens (including phenoxy) is 1. The van der Waals surface area contributed by atoms with E-state index >= 15 is 0 Å². The number of aromatic carboxylic acids is 1. The molecule has 2 aromatic rings. The summed E-state index contributed by atoms with van der Waals surface area (Å²) < 4.78 is 32.3. The molecule has 0 amide bonds. The van der Waals surface area contributed by atoms with Gasteiger partial charge in [0.2, 0.25) is 0 Å². The summed E-state index contributed by atoms with van der Waals surface area (Å²) in [5.74, 6) is -0.678. The first kappa shape index (κ1) is 17.1. The van der Waals surface area contributed by atoms with Crippen molar-refractivity contribution < 1.29 is 23.1 Å². The van der Waals surface area contributed by atoms with Crippen LogP contribution in [0, 0.1) is 0 Å². The fourth-order valence-electron chi connectivity index (χ4n) is 1.84. The SMILES string of the molecule is CCOc1ccc(NS(=O)(=O)c2ccc(Cl)c(C(=O)O)c2)cc1. The van der Waals surface area contributed by atoms with Crippen LogP contribution < -0.4 is 9.46 Å². The van der Waals surface area contributed by atoms with Crippen LogP contribution in [0.1, 0.15) is 17.3 Å². The Morgan fingerprint density at radius 2 is 1.87 bits per heavy atom. The fraction of sp³-hybridized carbons (Fsp3) is 0.133. The summed E-state index contributed by atoms with van der Waals surface area (Å²) in [5.41, 5.74) is 0.0570. The second kappa shape index (κ2) is 6.89. The van der Waals surface area contributed by atoms with Crippen molar-refractivity contribution in [2.24, 2.45) is 0 Å². The zero-order valence-electron chi connectivity index (χ0n) is 12.1. The number of benzene rings is 2. The summed E-state index contributed by atoms with van der Waals surface area (Å²) in [6.07, 6.45) is 0. The number of halogens is 1. The van der Waals surface area contributed by atoms with Gasteiger partial charge in [-0.25, -0.2) is 13.2 Å². The average Bonchev–Trinajstić information content (AvgIpc) is 2.49. The minimum absolute atomic E-state index is 0.0301. The van der Waals surface area contributed by atoms with Crippen molar-refractivity contribution in [1.29, 1.82) is 0 Å².